The Bertz CT molecular complexity index is 559. The summed E-state index contributed by atoms with van der Waals surface area (Å²) in [6.45, 7) is 5.84. The van der Waals surface area contributed by atoms with Gasteiger partial charge in [-0.2, -0.15) is 0 Å². The van der Waals surface area contributed by atoms with Gasteiger partial charge in [0.2, 0.25) is 0 Å². The number of hydrogen-bond donors (Lipinski definition) is 1. The average Bonchev–Trinajstić information content (AvgIpc) is 2.80. The molecule has 1 N–H and O–H groups in total. The van der Waals surface area contributed by atoms with Crippen molar-refractivity contribution in [1.82, 2.24) is 4.98 Å². The highest BCUT2D eigenvalue weighted by Gasteiger charge is 2.18. The molecular weight excluding hydrogens is 260 g/mol. The fourth-order valence-corrected chi connectivity index (χ4v) is 2.05. The van der Waals surface area contributed by atoms with E-state index in [0.717, 1.165) is 0 Å². The van der Waals surface area contributed by atoms with Gasteiger partial charge >= 0.3 is 0 Å². The summed E-state index contributed by atoms with van der Waals surface area (Å²) in [6, 6.07) is 7.19. The smallest absolute Gasteiger partial charge is 0.261 e. The molecule has 2 rings (SSSR count). The molecule has 1 heterocycles. The predicted octanol–water partition coefficient (Wildman–Crippen LogP) is 3.57. The van der Waals surface area contributed by atoms with Gasteiger partial charge in [0.25, 0.3) is 5.91 Å². The lowest BCUT2D eigenvalue weighted by Gasteiger charge is -2.22. The summed E-state index contributed by atoms with van der Waals surface area (Å²) in [5.74, 6) is 0.360. The predicted molar refractivity (Wildman–Crippen MR) is 76.9 cm³/mol. The number of anilines is 1. The highest BCUT2D eigenvalue weighted by molar-refractivity contribution is 7.13. The first-order chi connectivity index (χ1) is 8.96. The van der Waals surface area contributed by atoms with E-state index >= 15 is 0 Å². The molecule has 0 atom stereocenters. The number of benzene rings is 1. The molecule has 100 valence electrons. The molecule has 0 saturated carbocycles. The largest absolute Gasteiger partial charge is 0.487 e. The van der Waals surface area contributed by atoms with Crippen molar-refractivity contribution in [3.8, 4) is 5.75 Å². The van der Waals surface area contributed by atoms with Gasteiger partial charge in [-0.25, -0.2) is 4.98 Å². The van der Waals surface area contributed by atoms with Crippen molar-refractivity contribution in [2.75, 3.05) is 5.32 Å². The molecule has 19 heavy (non-hydrogen) atoms. The summed E-state index contributed by atoms with van der Waals surface area (Å²) in [6.07, 6.45) is 1.65. The molecule has 2 aromatic rings. The number of para-hydroxylation sites is 1. The van der Waals surface area contributed by atoms with E-state index in [1.54, 1.807) is 18.3 Å². The molecule has 0 aliphatic rings. The van der Waals surface area contributed by atoms with Crippen LogP contribution >= 0.6 is 11.3 Å². The zero-order chi connectivity index (χ0) is 13.9. The van der Waals surface area contributed by atoms with E-state index in [9.17, 15) is 4.79 Å². The van der Waals surface area contributed by atoms with E-state index in [0.29, 0.717) is 16.4 Å². The van der Waals surface area contributed by atoms with Crippen molar-refractivity contribution in [3.63, 3.8) is 0 Å². The highest BCUT2D eigenvalue weighted by Crippen LogP contribution is 2.24. The molecule has 0 fully saturated rings. The molecule has 0 spiro atoms. The molecule has 0 radical (unpaired) electrons. The monoisotopic (exact) mass is 276 g/mol. The third kappa shape index (κ3) is 3.79. The molecule has 0 saturated heterocycles. The zero-order valence-corrected chi connectivity index (χ0v) is 12.0. The van der Waals surface area contributed by atoms with E-state index < -0.39 is 0 Å². The van der Waals surface area contributed by atoms with Crippen LogP contribution in [0, 0.1) is 0 Å². The summed E-state index contributed by atoms with van der Waals surface area (Å²) in [5, 5.41) is 5.14. The zero-order valence-electron chi connectivity index (χ0n) is 11.1. The number of nitrogens with zero attached hydrogens (tertiary/aromatic N) is 1. The standard InChI is InChI=1S/C14H16N2O2S/c1-14(2,3)18-11-7-5-4-6-10(11)12(17)16-13-15-8-9-19-13/h4-9H,1-3H3,(H,15,16,17). The molecule has 1 aromatic carbocycles. The van der Waals surface area contributed by atoms with Gasteiger partial charge in [-0.3, -0.25) is 10.1 Å². The fourth-order valence-electron chi connectivity index (χ4n) is 1.52. The minimum atomic E-state index is -0.350. The first-order valence-electron chi connectivity index (χ1n) is 5.94. The second kappa shape index (κ2) is 5.40. The van der Waals surface area contributed by atoms with Crippen molar-refractivity contribution >= 4 is 22.4 Å². The van der Waals surface area contributed by atoms with Crippen LogP contribution in [0.15, 0.2) is 35.8 Å². The first-order valence-corrected chi connectivity index (χ1v) is 6.82. The Labute approximate surface area is 116 Å². The van der Waals surface area contributed by atoms with Crippen molar-refractivity contribution < 1.29 is 9.53 Å². The Balaban J connectivity index is 2.21. The van der Waals surface area contributed by atoms with Crippen LogP contribution in [0.4, 0.5) is 5.13 Å². The maximum absolute atomic E-state index is 12.2. The van der Waals surface area contributed by atoms with Crippen LogP contribution in [0.3, 0.4) is 0 Å². The number of thiazole rings is 1. The van der Waals surface area contributed by atoms with Crippen molar-refractivity contribution in [2.24, 2.45) is 0 Å². The van der Waals surface area contributed by atoms with Crippen LogP contribution in [0.1, 0.15) is 31.1 Å². The third-order valence-electron chi connectivity index (χ3n) is 2.20. The van der Waals surface area contributed by atoms with Gasteiger partial charge in [0, 0.05) is 11.6 Å². The number of rotatable bonds is 3. The number of carbonyl (C=O) groups excluding carboxylic acids is 1. The van der Waals surface area contributed by atoms with E-state index in [2.05, 4.69) is 10.3 Å². The van der Waals surface area contributed by atoms with Crippen LogP contribution in [-0.4, -0.2) is 16.5 Å². The SMILES string of the molecule is CC(C)(C)Oc1ccccc1C(=O)Nc1nccs1. The summed E-state index contributed by atoms with van der Waals surface area (Å²) < 4.78 is 5.80. The molecule has 0 bridgehead atoms. The second-order valence-corrected chi connectivity index (χ2v) is 5.90. The number of amides is 1. The van der Waals surface area contributed by atoms with Crippen LogP contribution in [0.5, 0.6) is 5.75 Å². The van der Waals surface area contributed by atoms with Gasteiger partial charge in [-0.1, -0.05) is 12.1 Å². The highest BCUT2D eigenvalue weighted by atomic mass is 32.1. The molecule has 5 heteroatoms. The number of carbonyl (C=O) groups is 1. The lowest BCUT2D eigenvalue weighted by atomic mass is 10.1. The Kier molecular flexibility index (Phi) is 3.85. The number of ether oxygens (including phenoxy) is 1. The number of nitrogens with one attached hydrogen (secondary N) is 1. The van der Waals surface area contributed by atoms with Crippen molar-refractivity contribution in [1.29, 1.82) is 0 Å². The van der Waals surface area contributed by atoms with Gasteiger partial charge < -0.3 is 4.74 Å². The normalized spacial score (nSPS) is 11.1. The van der Waals surface area contributed by atoms with Gasteiger partial charge in [-0.05, 0) is 32.9 Å². The minimum absolute atomic E-state index is 0.213. The van der Waals surface area contributed by atoms with E-state index in [1.807, 2.05) is 38.3 Å². The van der Waals surface area contributed by atoms with Gasteiger partial charge in [0.15, 0.2) is 5.13 Å². The molecule has 1 aromatic heterocycles. The van der Waals surface area contributed by atoms with Crippen molar-refractivity contribution in [3.05, 3.63) is 41.4 Å². The molecule has 4 nitrogen and oxygen atoms in total. The van der Waals surface area contributed by atoms with Crippen LogP contribution < -0.4 is 10.1 Å². The molecular formula is C14H16N2O2S. The Morgan fingerprint density at radius 1 is 1.32 bits per heavy atom. The van der Waals surface area contributed by atoms with E-state index in [4.69, 9.17) is 4.74 Å². The Hall–Kier alpha value is -1.88. The molecule has 1 amide bonds. The number of hydrogen-bond acceptors (Lipinski definition) is 4. The van der Waals surface area contributed by atoms with Crippen LogP contribution in [0.25, 0.3) is 0 Å². The fraction of sp³-hybridized carbons (Fsp3) is 0.286. The topological polar surface area (TPSA) is 51.2 Å². The average molecular weight is 276 g/mol. The van der Waals surface area contributed by atoms with Crippen LogP contribution in [-0.2, 0) is 0 Å². The van der Waals surface area contributed by atoms with Crippen molar-refractivity contribution in [2.45, 2.75) is 26.4 Å². The summed E-state index contributed by atoms with van der Waals surface area (Å²) in [4.78, 5) is 16.2. The lowest BCUT2D eigenvalue weighted by Crippen LogP contribution is -2.25. The van der Waals surface area contributed by atoms with Gasteiger partial charge in [0.1, 0.15) is 11.4 Å². The van der Waals surface area contributed by atoms with E-state index in [1.165, 1.54) is 11.3 Å². The number of aromatic nitrogens is 1. The van der Waals surface area contributed by atoms with E-state index in [-0.39, 0.29) is 11.5 Å². The third-order valence-corrected chi connectivity index (χ3v) is 2.89. The quantitative estimate of drug-likeness (QED) is 0.932. The van der Waals surface area contributed by atoms with Gasteiger partial charge in [-0.15, -0.1) is 11.3 Å². The maximum Gasteiger partial charge on any atom is 0.261 e. The Morgan fingerprint density at radius 3 is 2.68 bits per heavy atom. The molecule has 0 aliphatic heterocycles. The Morgan fingerprint density at radius 2 is 2.05 bits per heavy atom. The summed E-state index contributed by atoms with van der Waals surface area (Å²) in [7, 11) is 0. The minimum Gasteiger partial charge on any atom is -0.487 e. The maximum atomic E-state index is 12.2. The summed E-state index contributed by atoms with van der Waals surface area (Å²) >= 11 is 1.38. The first kappa shape index (κ1) is 13.5. The second-order valence-electron chi connectivity index (χ2n) is 5.00. The molecule has 0 unspecified atom stereocenters. The molecule has 0 aliphatic carbocycles. The lowest BCUT2D eigenvalue weighted by molar-refractivity contribution is 0.0999. The van der Waals surface area contributed by atoms with Gasteiger partial charge in [0.05, 0.1) is 5.56 Å². The summed E-state index contributed by atoms with van der Waals surface area (Å²) in [5.41, 5.74) is 0.157. The van der Waals surface area contributed by atoms with Crippen LogP contribution in [0.2, 0.25) is 0 Å².